The van der Waals surface area contributed by atoms with Crippen LogP contribution in [0, 0.1) is 12.7 Å². The van der Waals surface area contributed by atoms with Crippen molar-refractivity contribution in [1.29, 1.82) is 0 Å². The quantitative estimate of drug-likeness (QED) is 0.557. The van der Waals surface area contributed by atoms with Gasteiger partial charge in [0.2, 0.25) is 0 Å². The Labute approximate surface area is 188 Å². The zero-order valence-electron chi connectivity index (χ0n) is 18.0. The number of benzene rings is 2. The van der Waals surface area contributed by atoms with Crippen LogP contribution in [0.1, 0.15) is 14.8 Å². The van der Waals surface area contributed by atoms with Crippen molar-refractivity contribution in [3.8, 4) is 17.1 Å². The number of nitrogens with zero attached hydrogens (tertiary/aromatic N) is 3. The fourth-order valence-corrected chi connectivity index (χ4v) is 3.81. The van der Waals surface area contributed by atoms with Gasteiger partial charge in [-0.3, -0.25) is 0 Å². The number of nitrogens with one attached hydrogen (secondary N) is 1. The van der Waals surface area contributed by atoms with Crippen molar-refractivity contribution in [2.45, 2.75) is 19.4 Å². The molecule has 1 atom stereocenters. The van der Waals surface area contributed by atoms with E-state index in [9.17, 15) is 14.3 Å². The van der Waals surface area contributed by atoms with Gasteiger partial charge in [0, 0.05) is 28.4 Å². The number of methoxy groups -OCH3 is 1. The van der Waals surface area contributed by atoms with Crippen molar-refractivity contribution < 1.29 is 26.6 Å². The minimum Gasteiger partial charge on any atom is -0.507 e. The average Bonchev–Trinajstić information content (AvgIpc) is 3.21. The SMILES string of the molecule is COCCOC(=O)N[C@@H]1CCN(c2nc(-c3c(O)cccc3F)nc3cc(C)ccc23)C1.[HH].[HH]. The van der Waals surface area contributed by atoms with Crippen molar-refractivity contribution in [2.24, 2.45) is 0 Å². The molecule has 0 saturated carbocycles. The molecule has 0 radical (unpaired) electrons. The van der Waals surface area contributed by atoms with Crippen LogP contribution in [0.3, 0.4) is 0 Å². The largest absolute Gasteiger partial charge is 0.507 e. The monoisotopic (exact) mass is 444 g/mol. The van der Waals surface area contributed by atoms with Gasteiger partial charge in [-0.25, -0.2) is 19.2 Å². The summed E-state index contributed by atoms with van der Waals surface area (Å²) < 4.78 is 24.5. The van der Waals surface area contributed by atoms with E-state index in [1.165, 1.54) is 18.2 Å². The van der Waals surface area contributed by atoms with Gasteiger partial charge in [0.1, 0.15) is 24.0 Å². The van der Waals surface area contributed by atoms with E-state index in [1.54, 1.807) is 7.11 Å². The van der Waals surface area contributed by atoms with E-state index in [4.69, 9.17) is 9.47 Å². The third kappa shape index (κ3) is 4.57. The molecule has 0 aliphatic carbocycles. The van der Waals surface area contributed by atoms with Crippen molar-refractivity contribution >= 4 is 22.8 Å². The van der Waals surface area contributed by atoms with E-state index in [0.717, 1.165) is 10.9 Å². The Balaban J connectivity index is 0.00000204. The highest BCUT2D eigenvalue weighted by Gasteiger charge is 2.28. The predicted molar refractivity (Wildman–Crippen MR) is 123 cm³/mol. The smallest absolute Gasteiger partial charge is 0.407 e. The highest BCUT2D eigenvalue weighted by molar-refractivity contribution is 5.92. The molecule has 1 aliphatic heterocycles. The average molecular weight is 445 g/mol. The number of carbonyl (C=O) groups is 1. The molecule has 2 N–H and O–H groups in total. The first-order valence-electron chi connectivity index (χ1n) is 10.4. The van der Waals surface area contributed by atoms with Crippen LogP contribution >= 0.6 is 0 Å². The number of halogens is 1. The second-order valence-corrected chi connectivity index (χ2v) is 7.73. The van der Waals surface area contributed by atoms with Crippen LogP contribution in [0.4, 0.5) is 15.0 Å². The lowest BCUT2D eigenvalue weighted by Gasteiger charge is -2.21. The molecule has 1 fully saturated rings. The molecule has 2 heterocycles. The predicted octanol–water partition coefficient (Wildman–Crippen LogP) is 3.89. The van der Waals surface area contributed by atoms with Crippen LogP contribution < -0.4 is 10.2 Å². The molecule has 0 spiro atoms. The molecule has 2 aromatic carbocycles. The zero-order valence-corrected chi connectivity index (χ0v) is 18.0. The van der Waals surface area contributed by atoms with Crippen LogP contribution in [-0.4, -0.2) is 60.6 Å². The molecule has 1 aliphatic rings. The van der Waals surface area contributed by atoms with Gasteiger partial charge in [-0.2, -0.15) is 0 Å². The van der Waals surface area contributed by atoms with Gasteiger partial charge in [0.05, 0.1) is 23.7 Å². The van der Waals surface area contributed by atoms with E-state index >= 15 is 0 Å². The summed E-state index contributed by atoms with van der Waals surface area (Å²) in [6, 6.07) is 9.80. The van der Waals surface area contributed by atoms with Gasteiger partial charge in [-0.05, 0) is 43.2 Å². The number of phenolic OH excluding ortho intramolecular Hbond substituents is 1. The Hall–Kier alpha value is -3.46. The number of carbonyl (C=O) groups excluding carboxylic acids is 1. The number of phenols is 1. The molecule has 0 bridgehead atoms. The van der Waals surface area contributed by atoms with E-state index in [-0.39, 0.29) is 32.6 Å². The summed E-state index contributed by atoms with van der Waals surface area (Å²) in [4.78, 5) is 23.2. The summed E-state index contributed by atoms with van der Waals surface area (Å²) in [5.41, 5.74) is 1.63. The number of amides is 1. The minimum absolute atomic E-state index is 0. The van der Waals surface area contributed by atoms with E-state index in [1.807, 2.05) is 30.0 Å². The molecule has 8 nitrogen and oxygen atoms in total. The van der Waals surface area contributed by atoms with E-state index in [0.29, 0.717) is 37.5 Å². The van der Waals surface area contributed by atoms with Crippen LogP contribution in [0.15, 0.2) is 36.4 Å². The number of hydrogen-bond acceptors (Lipinski definition) is 7. The van der Waals surface area contributed by atoms with Gasteiger partial charge in [-0.15, -0.1) is 0 Å². The van der Waals surface area contributed by atoms with Gasteiger partial charge < -0.3 is 24.8 Å². The number of fused-ring (bicyclic) bond motifs is 1. The third-order valence-corrected chi connectivity index (χ3v) is 5.38. The van der Waals surface area contributed by atoms with Crippen LogP contribution in [0.5, 0.6) is 5.75 Å². The number of aromatic nitrogens is 2. The Morgan fingerprint density at radius 3 is 2.94 bits per heavy atom. The second kappa shape index (κ2) is 9.35. The Morgan fingerprint density at radius 1 is 1.31 bits per heavy atom. The molecule has 1 amide bonds. The van der Waals surface area contributed by atoms with Crippen LogP contribution in [0.25, 0.3) is 22.3 Å². The summed E-state index contributed by atoms with van der Waals surface area (Å²) in [6.07, 6.45) is 0.214. The van der Waals surface area contributed by atoms with Crippen molar-refractivity contribution in [3.63, 3.8) is 0 Å². The number of alkyl carbamates (subject to hydrolysis) is 1. The van der Waals surface area contributed by atoms with Crippen molar-refractivity contribution in [3.05, 3.63) is 47.8 Å². The summed E-state index contributed by atoms with van der Waals surface area (Å²) >= 11 is 0. The van der Waals surface area contributed by atoms with Crippen LogP contribution in [-0.2, 0) is 9.47 Å². The molecule has 0 unspecified atom stereocenters. The minimum atomic E-state index is -0.595. The lowest BCUT2D eigenvalue weighted by molar-refractivity contribution is 0.0969. The second-order valence-electron chi connectivity index (χ2n) is 7.73. The highest BCUT2D eigenvalue weighted by atomic mass is 19.1. The third-order valence-electron chi connectivity index (χ3n) is 5.38. The molecule has 3 aromatic rings. The molecule has 4 rings (SSSR count). The fourth-order valence-electron chi connectivity index (χ4n) is 3.81. The number of aryl methyl sites for hydroxylation is 1. The van der Waals surface area contributed by atoms with E-state index < -0.39 is 11.9 Å². The lowest BCUT2D eigenvalue weighted by atomic mass is 10.1. The summed E-state index contributed by atoms with van der Waals surface area (Å²) in [7, 11) is 1.54. The van der Waals surface area contributed by atoms with Gasteiger partial charge >= 0.3 is 6.09 Å². The maximum atomic E-state index is 14.5. The Morgan fingerprint density at radius 2 is 2.16 bits per heavy atom. The Bertz CT molecular complexity index is 1130. The molecular weight excluding hydrogens is 415 g/mol. The molecule has 172 valence electrons. The Kier molecular flexibility index (Phi) is 6.36. The first kappa shape index (κ1) is 21.8. The van der Waals surface area contributed by atoms with E-state index in [2.05, 4.69) is 15.3 Å². The first-order valence-corrected chi connectivity index (χ1v) is 10.4. The first-order chi connectivity index (χ1) is 15.5. The zero-order chi connectivity index (χ0) is 22.7. The number of aromatic hydroxyl groups is 1. The molecule has 1 saturated heterocycles. The normalized spacial score (nSPS) is 15.8. The molecular formula is C23H29FN4O4. The molecule has 1 aromatic heterocycles. The van der Waals surface area contributed by atoms with Crippen molar-refractivity contribution in [2.75, 3.05) is 38.3 Å². The number of hydrogen-bond donors (Lipinski definition) is 2. The number of anilines is 1. The fraction of sp³-hybridized carbons (Fsp3) is 0.348. The maximum Gasteiger partial charge on any atom is 0.407 e. The molecule has 32 heavy (non-hydrogen) atoms. The van der Waals surface area contributed by atoms with Gasteiger partial charge in [0.25, 0.3) is 0 Å². The number of rotatable bonds is 6. The van der Waals surface area contributed by atoms with Crippen LogP contribution in [0.2, 0.25) is 0 Å². The maximum absolute atomic E-state index is 14.5. The lowest BCUT2D eigenvalue weighted by Crippen LogP contribution is -2.38. The van der Waals surface area contributed by atoms with Gasteiger partial charge in [0.15, 0.2) is 5.82 Å². The summed E-state index contributed by atoms with van der Waals surface area (Å²) in [5.74, 6) is -0.0702. The van der Waals surface area contributed by atoms with Crippen molar-refractivity contribution in [1.82, 2.24) is 15.3 Å². The standard InChI is InChI=1S/C23H25FN4O4.2H2/c1-14-6-7-16-18(12-14)26-21(20-17(24)4-3-5-19(20)29)27-22(16)28-9-8-15(13-28)25-23(30)32-11-10-31-2;;/h3-7,12,15,29H,8-11,13H2,1-2H3,(H,25,30);2*1H/t15-;;/m1../s1. The highest BCUT2D eigenvalue weighted by Crippen LogP contribution is 2.34. The summed E-state index contributed by atoms with van der Waals surface area (Å²) in [5, 5.41) is 13.9. The molecule has 9 heteroatoms. The number of ether oxygens (including phenoxy) is 2. The van der Waals surface area contributed by atoms with Gasteiger partial charge in [-0.1, -0.05) is 12.1 Å². The topological polar surface area (TPSA) is 96.8 Å². The summed E-state index contributed by atoms with van der Waals surface area (Å²) in [6.45, 7) is 3.63.